The standard InChI is InChI=1S/C17H20N4O2S2/c1-10-6-4-5-7-14(10)18-15(23)11(2)24-17-20-19-16(25-17)21(12(3)22)13-8-9-13/h4-7,11,13H,8-9H2,1-3H3,(H,18,23). The molecule has 0 bridgehead atoms. The molecule has 3 rings (SSSR count). The number of aryl methyl sites for hydroxylation is 1. The molecule has 1 aromatic heterocycles. The minimum absolute atomic E-state index is 0.0134. The van der Waals surface area contributed by atoms with Crippen molar-refractivity contribution in [3.05, 3.63) is 29.8 Å². The molecular formula is C17H20N4O2S2. The summed E-state index contributed by atoms with van der Waals surface area (Å²) in [5.41, 5.74) is 1.84. The lowest BCUT2D eigenvalue weighted by Crippen LogP contribution is -2.30. The van der Waals surface area contributed by atoms with E-state index in [1.807, 2.05) is 38.1 Å². The van der Waals surface area contributed by atoms with Crippen LogP contribution in [0.4, 0.5) is 10.8 Å². The number of hydrogen-bond acceptors (Lipinski definition) is 6. The second-order valence-electron chi connectivity index (χ2n) is 6.03. The van der Waals surface area contributed by atoms with Crippen LogP contribution in [-0.4, -0.2) is 33.3 Å². The lowest BCUT2D eigenvalue weighted by atomic mass is 10.2. The van der Waals surface area contributed by atoms with Crippen LogP contribution in [0.2, 0.25) is 0 Å². The quantitative estimate of drug-likeness (QED) is 0.617. The van der Waals surface area contributed by atoms with Gasteiger partial charge in [0.1, 0.15) is 0 Å². The predicted octanol–water partition coefficient (Wildman–Crippen LogP) is 3.48. The Hall–Kier alpha value is -1.93. The van der Waals surface area contributed by atoms with Crippen LogP contribution in [0.1, 0.15) is 32.3 Å². The largest absolute Gasteiger partial charge is 0.325 e. The number of carbonyl (C=O) groups excluding carboxylic acids is 2. The van der Waals surface area contributed by atoms with Crippen LogP contribution in [0.15, 0.2) is 28.6 Å². The van der Waals surface area contributed by atoms with Gasteiger partial charge in [-0.25, -0.2) is 0 Å². The minimum Gasteiger partial charge on any atom is -0.325 e. The van der Waals surface area contributed by atoms with E-state index in [1.54, 1.807) is 11.8 Å². The predicted molar refractivity (Wildman–Crippen MR) is 101 cm³/mol. The first-order valence-corrected chi connectivity index (χ1v) is 9.81. The van der Waals surface area contributed by atoms with Crippen molar-refractivity contribution in [2.75, 3.05) is 10.2 Å². The van der Waals surface area contributed by atoms with Crippen LogP contribution in [0.25, 0.3) is 0 Å². The first-order chi connectivity index (χ1) is 12.0. The molecule has 0 radical (unpaired) electrons. The van der Waals surface area contributed by atoms with Crippen molar-refractivity contribution in [1.82, 2.24) is 10.2 Å². The molecule has 1 saturated carbocycles. The zero-order chi connectivity index (χ0) is 18.0. The number of benzene rings is 1. The number of anilines is 2. The van der Waals surface area contributed by atoms with Gasteiger partial charge in [0.15, 0.2) is 4.34 Å². The maximum atomic E-state index is 12.4. The number of nitrogens with zero attached hydrogens (tertiary/aromatic N) is 3. The Balaban J connectivity index is 1.63. The Morgan fingerprint density at radius 2 is 2.04 bits per heavy atom. The second kappa shape index (κ2) is 7.53. The molecule has 0 saturated heterocycles. The van der Waals surface area contributed by atoms with Crippen LogP contribution >= 0.6 is 23.1 Å². The van der Waals surface area contributed by atoms with Gasteiger partial charge in [0.2, 0.25) is 16.9 Å². The van der Waals surface area contributed by atoms with E-state index in [9.17, 15) is 9.59 Å². The van der Waals surface area contributed by atoms with E-state index in [1.165, 1.54) is 23.1 Å². The number of hydrogen-bond donors (Lipinski definition) is 1. The molecule has 1 N–H and O–H groups in total. The first-order valence-electron chi connectivity index (χ1n) is 8.12. The van der Waals surface area contributed by atoms with Crippen molar-refractivity contribution >= 4 is 45.7 Å². The SMILES string of the molecule is CC(=O)N(c1nnc(SC(C)C(=O)Nc2ccccc2C)s1)C1CC1. The van der Waals surface area contributed by atoms with Crippen molar-refractivity contribution in [3.8, 4) is 0 Å². The van der Waals surface area contributed by atoms with Crippen LogP contribution in [0.5, 0.6) is 0 Å². The topological polar surface area (TPSA) is 75.2 Å². The second-order valence-corrected chi connectivity index (χ2v) is 8.58. The summed E-state index contributed by atoms with van der Waals surface area (Å²) < 4.78 is 0.689. The number of nitrogens with one attached hydrogen (secondary N) is 1. The summed E-state index contributed by atoms with van der Waals surface area (Å²) in [6.45, 7) is 5.34. The maximum absolute atomic E-state index is 12.4. The number of carbonyl (C=O) groups is 2. The van der Waals surface area contributed by atoms with Crippen molar-refractivity contribution in [2.45, 2.75) is 49.2 Å². The number of rotatable bonds is 6. The molecule has 0 aliphatic heterocycles. The average Bonchev–Trinajstić information content (AvgIpc) is 3.28. The summed E-state index contributed by atoms with van der Waals surface area (Å²) >= 11 is 2.71. The maximum Gasteiger partial charge on any atom is 0.237 e. The Kier molecular flexibility index (Phi) is 5.39. The highest BCUT2D eigenvalue weighted by molar-refractivity contribution is 8.02. The molecule has 1 atom stereocenters. The van der Waals surface area contributed by atoms with Crippen molar-refractivity contribution in [1.29, 1.82) is 0 Å². The smallest absolute Gasteiger partial charge is 0.237 e. The van der Waals surface area contributed by atoms with Crippen LogP contribution in [0, 0.1) is 6.92 Å². The third kappa shape index (κ3) is 4.38. The van der Waals surface area contributed by atoms with E-state index >= 15 is 0 Å². The van der Waals surface area contributed by atoms with E-state index in [0.29, 0.717) is 9.47 Å². The summed E-state index contributed by atoms with van der Waals surface area (Å²) in [6.07, 6.45) is 2.02. The summed E-state index contributed by atoms with van der Waals surface area (Å²) in [5.74, 6) is -0.0952. The molecule has 1 aliphatic rings. The van der Waals surface area contributed by atoms with Gasteiger partial charge >= 0.3 is 0 Å². The molecule has 2 amide bonds. The molecule has 0 spiro atoms. The van der Waals surface area contributed by atoms with Gasteiger partial charge in [-0.15, -0.1) is 10.2 Å². The van der Waals surface area contributed by atoms with E-state index in [2.05, 4.69) is 15.5 Å². The van der Waals surface area contributed by atoms with Gasteiger partial charge in [-0.05, 0) is 38.3 Å². The molecule has 132 valence electrons. The average molecular weight is 377 g/mol. The Bertz CT molecular complexity index is 788. The van der Waals surface area contributed by atoms with Gasteiger partial charge in [-0.1, -0.05) is 41.3 Å². The van der Waals surface area contributed by atoms with Crippen LogP contribution in [0.3, 0.4) is 0 Å². The molecule has 8 heteroatoms. The number of thioether (sulfide) groups is 1. The summed E-state index contributed by atoms with van der Waals surface area (Å²) in [7, 11) is 0. The number of aromatic nitrogens is 2. The molecule has 6 nitrogen and oxygen atoms in total. The number of para-hydroxylation sites is 1. The first kappa shape index (κ1) is 17.9. The fraction of sp³-hybridized carbons (Fsp3) is 0.412. The van der Waals surface area contributed by atoms with Crippen LogP contribution in [-0.2, 0) is 9.59 Å². The summed E-state index contributed by atoms with van der Waals surface area (Å²) in [6, 6.07) is 7.93. The highest BCUT2D eigenvalue weighted by Gasteiger charge is 2.34. The minimum atomic E-state index is -0.313. The van der Waals surface area contributed by atoms with Crippen molar-refractivity contribution < 1.29 is 9.59 Å². The third-order valence-corrected chi connectivity index (χ3v) is 6.01. The summed E-state index contributed by atoms with van der Waals surface area (Å²) in [4.78, 5) is 25.9. The molecule has 1 unspecified atom stereocenters. The van der Waals surface area contributed by atoms with Gasteiger partial charge in [-0.2, -0.15) is 0 Å². The van der Waals surface area contributed by atoms with E-state index in [-0.39, 0.29) is 23.1 Å². The number of amides is 2. The Morgan fingerprint density at radius 3 is 2.68 bits per heavy atom. The van der Waals surface area contributed by atoms with Gasteiger partial charge in [0.25, 0.3) is 0 Å². The molecular weight excluding hydrogens is 356 g/mol. The van der Waals surface area contributed by atoms with E-state index < -0.39 is 0 Å². The highest BCUT2D eigenvalue weighted by Crippen LogP contribution is 2.36. The molecule has 1 aliphatic carbocycles. The van der Waals surface area contributed by atoms with E-state index in [0.717, 1.165) is 24.1 Å². The Labute approximate surface area is 155 Å². The van der Waals surface area contributed by atoms with Gasteiger partial charge in [0.05, 0.1) is 5.25 Å². The monoisotopic (exact) mass is 376 g/mol. The Morgan fingerprint density at radius 1 is 1.32 bits per heavy atom. The zero-order valence-electron chi connectivity index (χ0n) is 14.4. The van der Waals surface area contributed by atoms with Gasteiger partial charge in [-0.3, -0.25) is 14.5 Å². The molecule has 2 aromatic rings. The van der Waals surface area contributed by atoms with Gasteiger partial charge < -0.3 is 5.32 Å². The van der Waals surface area contributed by atoms with Gasteiger partial charge in [0, 0.05) is 18.7 Å². The normalized spacial score (nSPS) is 14.8. The molecule has 1 fully saturated rings. The third-order valence-electron chi connectivity index (χ3n) is 3.90. The van der Waals surface area contributed by atoms with Crippen molar-refractivity contribution in [3.63, 3.8) is 0 Å². The van der Waals surface area contributed by atoms with Crippen LogP contribution < -0.4 is 10.2 Å². The highest BCUT2D eigenvalue weighted by atomic mass is 32.2. The van der Waals surface area contributed by atoms with Crippen molar-refractivity contribution in [2.24, 2.45) is 0 Å². The zero-order valence-corrected chi connectivity index (χ0v) is 16.0. The lowest BCUT2D eigenvalue weighted by molar-refractivity contribution is -0.117. The molecule has 1 aromatic carbocycles. The molecule has 25 heavy (non-hydrogen) atoms. The summed E-state index contributed by atoms with van der Waals surface area (Å²) in [5, 5.41) is 11.5. The fourth-order valence-electron chi connectivity index (χ4n) is 2.38. The lowest BCUT2D eigenvalue weighted by Gasteiger charge is -2.15. The fourth-order valence-corrected chi connectivity index (χ4v) is 4.48. The molecule has 1 heterocycles. The van der Waals surface area contributed by atoms with E-state index in [4.69, 9.17) is 0 Å².